The molecule has 4 nitrogen and oxygen atoms in total. The van der Waals surface area contributed by atoms with Crippen molar-refractivity contribution in [3.63, 3.8) is 0 Å². The number of hydrogen-bond acceptors (Lipinski definition) is 3. The molecule has 0 saturated heterocycles. The van der Waals surface area contributed by atoms with Gasteiger partial charge in [0.2, 0.25) is 0 Å². The first-order valence-electron chi connectivity index (χ1n) is 4.94. The average Bonchev–Trinajstić information content (AvgIpc) is 2.28. The van der Waals surface area contributed by atoms with Crippen LogP contribution in [0.2, 0.25) is 0 Å². The Labute approximate surface area is 128 Å². The second kappa shape index (κ2) is 6.36. The number of anilines is 1. The summed E-state index contributed by atoms with van der Waals surface area (Å²) in [5.74, 6) is 0. The van der Waals surface area contributed by atoms with Crippen LogP contribution in [-0.4, -0.2) is 13.0 Å². The van der Waals surface area contributed by atoms with Crippen molar-refractivity contribution in [2.45, 2.75) is 0 Å². The summed E-state index contributed by atoms with van der Waals surface area (Å²) >= 11 is 0. The molecule has 0 radical (unpaired) electrons. The minimum atomic E-state index is -4.48. The maximum Gasteiger partial charge on any atom is 1.00 e. The summed E-state index contributed by atoms with van der Waals surface area (Å²) in [4.78, 5) is 0. The van der Waals surface area contributed by atoms with E-state index in [2.05, 4.69) is 0 Å². The summed E-state index contributed by atoms with van der Waals surface area (Å²) in [7, 11) is -4.48. The molecule has 18 heavy (non-hydrogen) atoms. The number of benzene rings is 2. The summed E-state index contributed by atoms with van der Waals surface area (Å²) in [6.45, 7) is 0. The number of hydrogen-bond donors (Lipinski definition) is 1. The molecular formula is C12H10NNaO3S. The van der Waals surface area contributed by atoms with Crippen molar-refractivity contribution in [1.29, 1.82) is 0 Å². The molecule has 6 heteroatoms. The molecule has 0 bridgehead atoms. The SMILES string of the molecule is O=S(=O)([O-])Nc1cccc(-c2ccccc2)c1.[Na+]. The van der Waals surface area contributed by atoms with Crippen molar-refractivity contribution in [2.75, 3.05) is 4.72 Å². The second-order valence-corrected chi connectivity index (χ2v) is 4.62. The molecule has 2 rings (SSSR count). The normalized spacial score (nSPS) is 10.5. The van der Waals surface area contributed by atoms with Gasteiger partial charge in [-0.3, -0.25) is 4.72 Å². The Morgan fingerprint density at radius 2 is 1.50 bits per heavy atom. The first-order chi connectivity index (χ1) is 8.04. The van der Waals surface area contributed by atoms with Crippen LogP contribution in [0.25, 0.3) is 11.1 Å². The van der Waals surface area contributed by atoms with Crippen molar-refractivity contribution in [2.24, 2.45) is 0 Å². The predicted molar refractivity (Wildman–Crippen MR) is 65.2 cm³/mol. The van der Waals surface area contributed by atoms with Gasteiger partial charge < -0.3 is 4.55 Å². The third-order valence-electron chi connectivity index (χ3n) is 2.21. The van der Waals surface area contributed by atoms with Crippen LogP contribution in [0.4, 0.5) is 5.69 Å². The van der Waals surface area contributed by atoms with Gasteiger partial charge in [-0.15, -0.1) is 0 Å². The van der Waals surface area contributed by atoms with Crippen LogP contribution in [0.3, 0.4) is 0 Å². The Kier molecular flexibility index (Phi) is 5.37. The van der Waals surface area contributed by atoms with Crippen LogP contribution in [0.1, 0.15) is 0 Å². The summed E-state index contributed by atoms with van der Waals surface area (Å²) in [5.41, 5.74) is 2.07. The molecule has 0 atom stereocenters. The van der Waals surface area contributed by atoms with E-state index in [1.807, 2.05) is 41.1 Å². The Morgan fingerprint density at radius 1 is 0.889 bits per heavy atom. The van der Waals surface area contributed by atoms with Crippen molar-refractivity contribution < 1.29 is 42.5 Å². The summed E-state index contributed by atoms with van der Waals surface area (Å²) in [6, 6.07) is 16.2. The molecule has 0 spiro atoms. The zero-order chi connectivity index (χ0) is 12.3. The maximum atomic E-state index is 10.6. The van der Waals surface area contributed by atoms with Crippen LogP contribution in [0, 0.1) is 0 Å². The third-order valence-corrected chi connectivity index (χ3v) is 2.70. The van der Waals surface area contributed by atoms with Crippen molar-refractivity contribution >= 4 is 16.0 Å². The van der Waals surface area contributed by atoms with Crippen molar-refractivity contribution in [3.05, 3.63) is 54.6 Å². The van der Waals surface area contributed by atoms with Gasteiger partial charge in [0.25, 0.3) is 0 Å². The smallest absolute Gasteiger partial charge is 0.731 e. The molecule has 0 aliphatic rings. The van der Waals surface area contributed by atoms with Gasteiger partial charge >= 0.3 is 29.6 Å². The van der Waals surface area contributed by atoms with Crippen LogP contribution in [-0.2, 0) is 10.3 Å². The van der Waals surface area contributed by atoms with E-state index < -0.39 is 10.3 Å². The van der Waals surface area contributed by atoms with E-state index in [0.29, 0.717) is 0 Å². The summed E-state index contributed by atoms with van der Waals surface area (Å²) in [6.07, 6.45) is 0. The van der Waals surface area contributed by atoms with Gasteiger partial charge in [-0.1, -0.05) is 42.5 Å². The number of nitrogens with one attached hydrogen (secondary N) is 1. The Balaban J connectivity index is 0.00000162. The zero-order valence-corrected chi connectivity index (χ0v) is 12.6. The van der Waals surface area contributed by atoms with E-state index in [-0.39, 0.29) is 35.2 Å². The van der Waals surface area contributed by atoms with Gasteiger partial charge in [0.05, 0.1) is 0 Å². The van der Waals surface area contributed by atoms with Gasteiger partial charge in [0.15, 0.2) is 10.3 Å². The van der Waals surface area contributed by atoms with Crippen molar-refractivity contribution in [3.8, 4) is 11.1 Å². The number of rotatable bonds is 3. The minimum absolute atomic E-state index is 0. The van der Waals surface area contributed by atoms with Gasteiger partial charge in [0, 0.05) is 5.69 Å². The van der Waals surface area contributed by atoms with Crippen LogP contribution >= 0.6 is 0 Å². The summed E-state index contributed by atoms with van der Waals surface area (Å²) in [5, 5.41) is 0. The van der Waals surface area contributed by atoms with Crippen LogP contribution in [0.15, 0.2) is 54.6 Å². The molecule has 0 unspecified atom stereocenters. The van der Waals surface area contributed by atoms with E-state index in [1.54, 1.807) is 12.1 Å². The molecule has 1 N–H and O–H groups in total. The molecule has 2 aromatic rings. The Hall–Kier alpha value is -0.850. The van der Waals surface area contributed by atoms with Crippen LogP contribution < -0.4 is 34.3 Å². The first-order valence-corrected chi connectivity index (χ1v) is 6.34. The molecule has 0 aliphatic carbocycles. The molecule has 0 aromatic heterocycles. The second-order valence-electron chi connectivity index (χ2n) is 3.50. The standard InChI is InChI=1S/C12H11NO3S.Na/c14-17(15,16)13-12-8-4-7-11(9-12)10-5-2-1-3-6-10;/h1-9,13H,(H,14,15,16);/q;+1/p-1. The monoisotopic (exact) mass is 271 g/mol. The molecule has 2 aromatic carbocycles. The Bertz CT molecular complexity index is 614. The van der Waals surface area contributed by atoms with E-state index in [4.69, 9.17) is 0 Å². The quantitative estimate of drug-likeness (QED) is 0.589. The first kappa shape index (κ1) is 15.2. The van der Waals surface area contributed by atoms with E-state index in [1.165, 1.54) is 6.07 Å². The fourth-order valence-corrected chi connectivity index (χ4v) is 1.95. The van der Waals surface area contributed by atoms with Gasteiger partial charge in [-0.05, 0) is 23.3 Å². The molecule has 0 saturated carbocycles. The van der Waals surface area contributed by atoms with Gasteiger partial charge in [-0.25, -0.2) is 8.42 Å². The fourth-order valence-electron chi connectivity index (χ4n) is 1.54. The fraction of sp³-hybridized carbons (Fsp3) is 0. The van der Waals surface area contributed by atoms with Gasteiger partial charge in [0.1, 0.15) is 0 Å². The zero-order valence-electron chi connectivity index (χ0n) is 9.83. The molecule has 0 fully saturated rings. The Morgan fingerprint density at radius 3 is 2.11 bits per heavy atom. The van der Waals surface area contributed by atoms with Crippen molar-refractivity contribution in [1.82, 2.24) is 0 Å². The van der Waals surface area contributed by atoms with E-state index >= 15 is 0 Å². The molecule has 0 aliphatic heterocycles. The molecular weight excluding hydrogens is 261 g/mol. The topological polar surface area (TPSA) is 69.2 Å². The maximum absolute atomic E-state index is 10.6. The predicted octanol–water partition coefficient (Wildman–Crippen LogP) is -0.770. The third kappa shape index (κ3) is 4.44. The molecule has 0 amide bonds. The average molecular weight is 271 g/mol. The van der Waals surface area contributed by atoms with E-state index in [9.17, 15) is 13.0 Å². The van der Waals surface area contributed by atoms with Gasteiger partial charge in [-0.2, -0.15) is 0 Å². The largest absolute Gasteiger partial charge is 1.00 e. The summed E-state index contributed by atoms with van der Waals surface area (Å²) < 4.78 is 33.7. The molecule has 0 heterocycles. The van der Waals surface area contributed by atoms with E-state index in [0.717, 1.165) is 11.1 Å². The van der Waals surface area contributed by atoms with Crippen LogP contribution in [0.5, 0.6) is 0 Å². The molecule has 88 valence electrons. The minimum Gasteiger partial charge on any atom is -0.731 e.